The minimum Gasteiger partial charge on any atom is -0.508 e. The quantitative estimate of drug-likeness (QED) is 0.840. The van der Waals surface area contributed by atoms with E-state index in [4.69, 9.17) is 37.4 Å². The second-order valence-electron chi connectivity index (χ2n) is 6.45. The predicted molar refractivity (Wildman–Crippen MR) is 87.1 cm³/mol. The second-order valence-corrected chi connectivity index (χ2v) is 7.24. The van der Waals surface area contributed by atoms with Gasteiger partial charge in [0.1, 0.15) is 18.0 Å². The zero-order valence-electron chi connectivity index (χ0n) is 13.1. The standard InChI is InChI=1S/C10H12Cl2O.C6H10O3/c1-10(2,3)8-7(13)5-4-6(11)9(8)12;1(5-3-8-5)7-2-6-4-9-6/h4-5,13H,1-3H3;5-6H,1-4H2. The Hall–Kier alpha value is -0.520. The average molecular weight is 349 g/mol. The highest BCUT2D eigenvalue weighted by Gasteiger charge is 2.26. The largest absolute Gasteiger partial charge is 0.508 e. The molecule has 0 bridgehead atoms. The minimum atomic E-state index is -0.202. The van der Waals surface area contributed by atoms with Gasteiger partial charge in [-0.05, 0) is 17.5 Å². The number of ether oxygens (including phenoxy) is 3. The first-order chi connectivity index (χ1) is 10.3. The van der Waals surface area contributed by atoms with Gasteiger partial charge in [-0.15, -0.1) is 0 Å². The maximum absolute atomic E-state index is 9.61. The summed E-state index contributed by atoms with van der Waals surface area (Å²) in [4.78, 5) is 0. The van der Waals surface area contributed by atoms with Gasteiger partial charge >= 0.3 is 0 Å². The van der Waals surface area contributed by atoms with E-state index in [-0.39, 0.29) is 11.2 Å². The van der Waals surface area contributed by atoms with Crippen LogP contribution in [0.2, 0.25) is 10.0 Å². The normalized spacial score (nSPS) is 22.8. The molecule has 1 N–H and O–H groups in total. The lowest BCUT2D eigenvalue weighted by Crippen LogP contribution is -2.12. The Balaban J connectivity index is 0.000000170. The van der Waals surface area contributed by atoms with Gasteiger partial charge in [0.15, 0.2) is 0 Å². The number of phenolic OH excluding ortho intramolecular Hbond substituents is 1. The number of rotatable bonds is 4. The molecule has 2 saturated heterocycles. The number of aromatic hydroxyl groups is 1. The van der Waals surface area contributed by atoms with Gasteiger partial charge in [-0.25, -0.2) is 0 Å². The smallest absolute Gasteiger partial charge is 0.120 e. The number of halogens is 2. The van der Waals surface area contributed by atoms with Gasteiger partial charge in [-0.2, -0.15) is 0 Å². The summed E-state index contributed by atoms with van der Waals surface area (Å²) in [5.74, 6) is 0.196. The third-order valence-corrected chi connectivity index (χ3v) is 4.04. The molecule has 22 heavy (non-hydrogen) atoms. The average Bonchev–Trinajstić information content (AvgIpc) is 3.28. The lowest BCUT2D eigenvalue weighted by atomic mass is 9.86. The number of phenols is 1. The monoisotopic (exact) mass is 348 g/mol. The molecule has 1 aromatic carbocycles. The van der Waals surface area contributed by atoms with Gasteiger partial charge in [-0.3, -0.25) is 0 Å². The number of benzene rings is 1. The van der Waals surface area contributed by atoms with Crippen LogP contribution in [0.25, 0.3) is 0 Å². The van der Waals surface area contributed by atoms with E-state index in [0.717, 1.165) is 26.4 Å². The van der Waals surface area contributed by atoms with E-state index in [2.05, 4.69) is 0 Å². The molecule has 0 radical (unpaired) electrons. The SMILES string of the molecule is C(OCC1CO1)C1CO1.CC(C)(C)c1c(O)ccc(Cl)c1Cl. The molecule has 2 aliphatic heterocycles. The number of hydrogen-bond donors (Lipinski definition) is 1. The molecule has 0 amide bonds. The first-order valence-corrected chi connectivity index (χ1v) is 8.03. The van der Waals surface area contributed by atoms with E-state index in [0.29, 0.717) is 27.8 Å². The van der Waals surface area contributed by atoms with Crippen molar-refractivity contribution in [2.75, 3.05) is 26.4 Å². The maximum Gasteiger partial charge on any atom is 0.120 e. The van der Waals surface area contributed by atoms with Crippen LogP contribution in [0.1, 0.15) is 26.3 Å². The lowest BCUT2D eigenvalue weighted by molar-refractivity contribution is 0.102. The molecule has 0 saturated carbocycles. The molecule has 2 fully saturated rings. The van der Waals surface area contributed by atoms with Crippen molar-refractivity contribution in [3.05, 3.63) is 27.7 Å². The number of epoxide rings is 2. The van der Waals surface area contributed by atoms with Crippen molar-refractivity contribution in [2.45, 2.75) is 38.4 Å². The molecular weight excluding hydrogens is 327 g/mol. The van der Waals surface area contributed by atoms with Crippen LogP contribution in [-0.4, -0.2) is 43.7 Å². The van der Waals surface area contributed by atoms with Crippen LogP contribution in [-0.2, 0) is 19.6 Å². The molecule has 1 aromatic rings. The molecule has 2 aliphatic rings. The van der Waals surface area contributed by atoms with Crippen molar-refractivity contribution in [2.24, 2.45) is 0 Å². The van der Waals surface area contributed by atoms with E-state index in [1.807, 2.05) is 20.8 Å². The summed E-state index contributed by atoms with van der Waals surface area (Å²) in [7, 11) is 0. The third kappa shape index (κ3) is 5.60. The first-order valence-electron chi connectivity index (χ1n) is 7.27. The molecule has 0 aliphatic carbocycles. The van der Waals surface area contributed by atoms with Gasteiger partial charge in [-0.1, -0.05) is 44.0 Å². The Morgan fingerprint density at radius 3 is 2.00 bits per heavy atom. The molecular formula is C16H22Cl2O4. The fraction of sp³-hybridized carbons (Fsp3) is 0.625. The van der Waals surface area contributed by atoms with Crippen LogP contribution < -0.4 is 0 Å². The number of hydrogen-bond acceptors (Lipinski definition) is 4. The van der Waals surface area contributed by atoms with Crippen LogP contribution in [0.4, 0.5) is 0 Å². The summed E-state index contributed by atoms with van der Waals surface area (Å²) in [6.07, 6.45) is 0.785. The highest BCUT2D eigenvalue weighted by Crippen LogP contribution is 2.40. The molecule has 124 valence electrons. The predicted octanol–water partition coefficient (Wildman–Crippen LogP) is 3.80. The Labute approximate surface area is 141 Å². The van der Waals surface area contributed by atoms with E-state index < -0.39 is 0 Å². The second kappa shape index (κ2) is 7.37. The van der Waals surface area contributed by atoms with Crippen LogP contribution >= 0.6 is 23.2 Å². The molecule has 0 aromatic heterocycles. The zero-order chi connectivity index (χ0) is 16.3. The van der Waals surface area contributed by atoms with Crippen molar-refractivity contribution in [3.8, 4) is 5.75 Å². The van der Waals surface area contributed by atoms with Crippen molar-refractivity contribution in [1.29, 1.82) is 0 Å². The van der Waals surface area contributed by atoms with Gasteiger partial charge < -0.3 is 19.3 Å². The molecule has 3 rings (SSSR count). The Bertz CT molecular complexity index is 494. The van der Waals surface area contributed by atoms with E-state index in [1.54, 1.807) is 12.1 Å². The van der Waals surface area contributed by atoms with Crippen LogP contribution in [0.3, 0.4) is 0 Å². The Morgan fingerprint density at radius 2 is 1.64 bits per heavy atom. The summed E-state index contributed by atoms with van der Waals surface area (Å²) in [6, 6.07) is 3.16. The Kier molecular flexibility index (Phi) is 5.97. The van der Waals surface area contributed by atoms with Crippen LogP contribution in [0.5, 0.6) is 5.75 Å². The summed E-state index contributed by atoms with van der Waals surface area (Å²) < 4.78 is 15.1. The Morgan fingerprint density at radius 1 is 1.14 bits per heavy atom. The fourth-order valence-corrected chi connectivity index (χ4v) is 2.51. The fourth-order valence-electron chi connectivity index (χ4n) is 1.91. The molecule has 4 nitrogen and oxygen atoms in total. The van der Waals surface area contributed by atoms with Gasteiger partial charge in [0, 0.05) is 5.56 Å². The molecule has 2 heterocycles. The van der Waals surface area contributed by atoms with Gasteiger partial charge in [0.25, 0.3) is 0 Å². The summed E-state index contributed by atoms with van der Waals surface area (Å²) in [5.41, 5.74) is 0.494. The maximum atomic E-state index is 9.61. The van der Waals surface area contributed by atoms with Crippen LogP contribution in [0, 0.1) is 0 Å². The first kappa shape index (κ1) is 17.8. The third-order valence-electron chi connectivity index (χ3n) is 3.24. The van der Waals surface area contributed by atoms with Crippen molar-refractivity contribution in [1.82, 2.24) is 0 Å². The van der Waals surface area contributed by atoms with Crippen molar-refractivity contribution in [3.63, 3.8) is 0 Å². The summed E-state index contributed by atoms with van der Waals surface area (Å²) in [5, 5.41) is 10.5. The topological polar surface area (TPSA) is 54.5 Å². The molecule has 0 spiro atoms. The highest BCUT2D eigenvalue weighted by atomic mass is 35.5. The minimum absolute atomic E-state index is 0.196. The molecule has 6 heteroatoms. The van der Waals surface area contributed by atoms with Crippen molar-refractivity contribution >= 4 is 23.2 Å². The van der Waals surface area contributed by atoms with Gasteiger partial charge in [0.05, 0.1) is 36.5 Å². The van der Waals surface area contributed by atoms with Crippen LogP contribution in [0.15, 0.2) is 12.1 Å². The van der Waals surface area contributed by atoms with E-state index in [9.17, 15) is 5.11 Å². The summed E-state index contributed by atoms with van der Waals surface area (Å²) in [6.45, 7) is 9.19. The molecule has 2 atom stereocenters. The van der Waals surface area contributed by atoms with Gasteiger partial charge in [0.2, 0.25) is 0 Å². The van der Waals surface area contributed by atoms with E-state index in [1.165, 1.54) is 0 Å². The van der Waals surface area contributed by atoms with E-state index >= 15 is 0 Å². The summed E-state index contributed by atoms with van der Waals surface area (Å²) >= 11 is 11.8. The van der Waals surface area contributed by atoms with Crippen molar-refractivity contribution < 1.29 is 19.3 Å². The zero-order valence-corrected chi connectivity index (χ0v) is 14.6. The highest BCUT2D eigenvalue weighted by molar-refractivity contribution is 6.42. The lowest BCUT2D eigenvalue weighted by Gasteiger charge is -2.22. The molecule has 2 unspecified atom stereocenters.